The topological polar surface area (TPSA) is 95.2 Å². The number of benzene rings is 2. The molecule has 5 heteroatoms. The van der Waals surface area contributed by atoms with E-state index in [0.717, 1.165) is 6.08 Å². The third kappa shape index (κ3) is 3.70. The van der Waals surface area contributed by atoms with Crippen LogP contribution in [-0.2, 0) is 4.79 Å². The number of nitrogens with two attached hydrogens (primary N) is 1. The molecular formula is C16H13N2O3-. The van der Waals surface area contributed by atoms with Gasteiger partial charge < -0.3 is 21.0 Å². The third-order valence-corrected chi connectivity index (χ3v) is 2.78. The summed E-state index contributed by atoms with van der Waals surface area (Å²) in [6.07, 6.45) is 0.983. The lowest BCUT2D eigenvalue weighted by atomic mass is 10.1. The number of hydrogen-bond donors (Lipinski definition) is 2. The van der Waals surface area contributed by atoms with Crippen molar-refractivity contribution < 1.29 is 14.7 Å². The smallest absolute Gasteiger partial charge is 0.187 e. The summed E-state index contributed by atoms with van der Waals surface area (Å²) in [5, 5.41) is 13.7. The van der Waals surface area contributed by atoms with Crippen LogP contribution in [0.25, 0.3) is 0 Å². The molecule has 0 bridgehead atoms. The molecule has 0 aliphatic carbocycles. The number of carboxylic acids is 1. The van der Waals surface area contributed by atoms with Crippen molar-refractivity contribution in [2.75, 3.05) is 11.1 Å². The lowest BCUT2D eigenvalue weighted by Gasteiger charge is -2.13. The van der Waals surface area contributed by atoms with E-state index in [1.54, 1.807) is 54.6 Å². The van der Waals surface area contributed by atoms with E-state index in [0.29, 0.717) is 16.9 Å². The number of carboxylic acid groups (broad SMARTS) is 1. The molecular weight excluding hydrogens is 268 g/mol. The number of para-hydroxylation sites is 2. The second-order valence-corrected chi connectivity index (χ2v) is 4.29. The molecule has 2 rings (SSSR count). The Morgan fingerprint density at radius 1 is 1.00 bits per heavy atom. The molecule has 3 N–H and O–H groups in total. The lowest BCUT2D eigenvalue weighted by Crippen LogP contribution is -2.29. The molecule has 0 atom stereocenters. The maximum Gasteiger partial charge on any atom is 0.187 e. The van der Waals surface area contributed by atoms with Crippen molar-refractivity contribution in [2.45, 2.75) is 0 Å². The zero-order valence-electron chi connectivity index (χ0n) is 11.1. The number of carbonyl (C=O) groups is 2. The molecule has 2 aromatic rings. The maximum absolute atomic E-state index is 12.0. The second-order valence-electron chi connectivity index (χ2n) is 4.29. The first-order chi connectivity index (χ1) is 10.1. The first kappa shape index (κ1) is 14.3. The van der Waals surface area contributed by atoms with Crippen LogP contribution in [0.2, 0.25) is 0 Å². The van der Waals surface area contributed by atoms with Gasteiger partial charge in [0, 0.05) is 11.6 Å². The van der Waals surface area contributed by atoms with Crippen molar-refractivity contribution in [3.8, 4) is 0 Å². The third-order valence-electron chi connectivity index (χ3n) is 2.78. The Hall–Kier alpha value is -3.08. The maximum atomic E-state index is 12.0. The number of allylic oxidation sites excluding steroid dienone is 1. The molecule has 0 spiro atoms. The summed E-state index contributed by atoms with van der Waals surface area (Å²) in [4.78, 5) is 23.1. The average molecular weight is 281 g/mol. The molecule has 21 heavy (non-hydrogen) atoms. The second kappa shape index (κ2) is 6.38. The zero-order valence-corrected chi connectivity index (χ0v) is 11.1. The summed E-state index contributed by atoms with van der Waals surface area (Å²) in [5.41, 5.74) is 6.53. The minimum Gasteiger partial charge on any atom is -0.543 e. The number of nitrogens with one attached hydrogen (secondary N) is 1. The largest absolute Gasteiger partial charge is 0.543 e. The number of nitrogen functional groups attached to an aromatic ring is 1. The van der Waals surface area contributed by atoms with Gasteiger partial charge in [-0.15, -0.1) is 0 Å². The Morgan fingerprint density at radius 2 is 1.62 bits per heavy atom. The number of aliphatic carboxylic acids is 1. The Bertz CT molecular complexity index is 694. The predicted octanol–water partition coefficient (Wildman–Crippen LogP) is 1.20. The zero-order chi connectivity index (χ0) is 15.2. The fourth-order valence-electron chi connectivity index (χ4n) is 1.72. The Balaban J connectivity index is 2.28. The van der Waals surface area contributed by atoms with Gasteiger partial charge in [0.25, 0.3) is 0 Å². The first-order valence-corrected chi connectivity index (χ1v) is 6.22. The molecule has 0 unspecified atom stereocenters. The molecule has 5 nitrogen and oxygen atoms in total. The van der Waals surface area contributed by atoms with E-state index in [1.807, 2.05) is 0 Å². The van der Waals surface area contributed by atoms with Gasteiger partial charge in [0.05, 0.1) is 23.0 Å². The van der Waals surface area contributed by atoms with E-state index < -0.39 is 11.8 Å². The Labute approximate surface area is 121 Å². The SMILES string of the molecule is Nc1ccccc1N/C(=C\C(=O)c1ccccc1)C(=O)[O-]. The van der Waals surface area contributed by atoms with E-state index >= 15 is 0 Å². The molecule has 0 aliphatic rings. The molecule has 0 saturated carbocycles. The van der Waals surface area contributed by atoms with Crippen LogP contribution in [0.15, 0.2) is 66.4 Å². The number of ketones is 1. The molecule has 0 aliphatic heterocycles. The fraction of sp³-hybridized carbons (Fsp3) is 0. The van der Waals surface area contributed by atoms with E-state index in [-0.39, 0.29) is 5.70 Å². The highest BCUT2D eigenvalue weighted by Gasteiger charge is 2.07. The van der Waals surface area contributed by atoms with Crippen LogP contribution in [0.3, 0.4) is 0 Å². The molecule has 106 valence electrons. The van der Waals surface area contributed by atoms with Crippen LogP contribution in [0.4, 0.5) is 11.4 Å². The van der Waals surface area contributed by atoms with Gasteiger partial charge in [0.2, 0.25) is 0 Å². The lowest BCUT2D eigenvalue weighted by molar-refractivity contribution is -0.299. The predicted molar refractivity (Wildman–Crippen MR) is 78.3 cm³/mol. The monoisotopic (exact) mass is 281 g/mol. The number of rotatable bonds is 5. The summed E-state index contributed by atoms with van der Waals surface area (Å²) < 4.78 is 0. The molecule has 0 saturated heterocycles. The highest BCUT2D eigenvalue weighted by atomic mass is 16.4. The summed E-state index contributed by atoms with van der Waals surface area (Å²) in [6, 6.07) is 15.0. The minimum absolute atomic E-state index is 0.346. The van der Waals surface area contributed by atoms with Crippen molar-refractivity contribution in [1.82, 2.24) is 0 Å². The fourth-order valence-corrected chi connectivity index (χ4v) is 1.72. The van der Waals surface area contributed by atoms with Crippen molar-refractivity contribution in [3.05, 3.63) is 71.9 Å². The van der Waals surface area contributed by atoms with Gasteiger partial charge in [0.15, 0.2) is 5.78 Å². The van der Waals surface area contributed by atoms with Crippen LogP contribution < -0.4 is 16.2 Å². The Morgan fingerprint density at radius 3 is 2.24 bits per heavy atom. The standard InChI is InChI=1S/C16H14N2O3/c17-12-8-4-5-9-13(12)18-14(16(20)21)10-15(19)11-6-2-1-3-7-11/h1-10,18H,17H2,(H,20,21)/p-1/b14-10-. The molecule has 2 aromatic carbocycles. The van der Waals surface area contributed by atoms with Crippen molar-refractivity contribution in [2.24, 2.45) is 0 Å². The highest BCUT2D eigenvalue weighted by molar-refractivity contribution is 6.09. The van der Waals surface area contributed by atoms with E-state index in [1.165, 1.54) is 0 Å². The quantitative estimate of drug-likeness (QED) is 0.488. The summed E-state index contributed by atoms with van der Waals surface area (Å²) in [5.74, 6) is -1.92. The summed E-state index contributed by atoms with van der Waals surface area (Å²) in [7, 11) is 0. The van der Waals surface area contributed by atoms with Crippen molar-refractivity contribution in [1.29, 1.82) is 0 Å². The molecule has 0 amide bonds. The van der Waals surface area contributed by atoms with Gasteiger partial charge in [0.1, 0.15) is 0 Å². The van der Waals surface area contributed by atoms with Gasteiger partial charge in [-0.25, -0.2) is 0 Å². The molecule has 0 fully saturated rings. The van der Waals surface area contributed by atoms with Crippen LogP contribution in [0, 0.1) is 0 Å². The Kier molecular flexibility index (Phi) is 4.36. The molecule has 0 heterocycles. The van der Waals surface area contributed by atoms with Crippen LogP contribution >= 0.6 is 0 Å². The first-order valence-electron chi connectivity index (χ1n) is 6.22. The number of hydrogen-bond acceptors (Lipinski definition) is 5. The average Bonchev–Trinajstić information content (AvgIpc) is 2.49. The molecule has 0 aromatic heterocycles. The van der Waals surface area contributed by atoms with Gasteiger partial charge in [-0.05, 0) is 12.1 Å². The minimum atomic E-state index is -1.48. The van der Waals surface area contributed by atoms with Gasteiger partial charge >= 0.3 is 0 Å². The van der Waals surface area contributed by atoms with E-state index in [2.05, 4.69) is 5.32 Å². The van der Waals surface area contributed by atoms with E-state index in [9.17, 15) is 14.7 Å². The van der Waals surface area contributed by atoms with Crippen molar-refractivity contribution >= 4 is 23.1 Å². The van der Waals surface area contributed by atoms with Crippen LogP contribution in [-0.4, -0.2) is 11.8 Å². The van der Waals surface area contributed by atoms with Crippen LogP contribution in [0.5, 0.6) is 0 Å². The van der Waals surface area contributed by atoms with Crippen molar-refractivity contribution in [3.63, 3.8) is 0 Å². The summed E-state index contributed by atoms with van der Waals surface area (Å²) >= 11 is 0. The molecule has 0 radical (unpaired) electrons. The van der Waals surface area contributed by atoms with E-state index in [4.69, 9.17) is 5.73 Å². The van der Waals surface area contributed by atoms with Gasteiger partial charge in [-0.2, -0.15) is 0 Å². The van der Waals surface area contributed by atoms with Gasteiger partial charge in [-0.1, -0.05) is 42.5 Å². The number of anilines is 2. The highest BCUT2D eigenvalue weighted by Crippen LogP contribution is 2.19. The number of carbonyl (C=O) groups excluding carboxylic acids is 2. The van der Waals surface area contributed by atoms with Crippen LogP contribution in [0.1, 0.15) is 10.4 Å². The van der Waals surface area contributed by atoms with Gasteiger partial charge in [-0.3, -0.25) is 4.79 Å². The normalized spacial score (nSPS) is 11.0. The summed E-state index contributed by atoms with van der Waals surface area (Å²) in [6.45, 7) is 0.